The maximum Gasteiger partial charge on any atom is 0.332 e. The van der Waals surface area contributed by atoms with Crippen molar-refractivity contribution in [2.24, 2.45) is 0 Å². The van der Waals surface area contributed by atoms with Crippen molar-refractivity contribution in [3.05, 3.63) is 46.5 Å². The minimum atomic E-state index is -1.40. The summed E-state index contributed by atoms with van der Waals surface area (Å²) in [6.45, 7) is 4.48. The normalized spacial score (nSPS) is 11.8. The fourth-order valence-electron chi connectivity index (χ4n) is 2.22. The van der Waals surface area contributed by atoms with Crippen LogP contribution in [-0.4, -0.2) is 41.1 Å². The highest BCUT2D eigenvalue weighted by Crippen LogP contribution is 2.18. The van der Waals surface area contributed by atoms with Crippen molar-refractivity contribution in [3.63, 3.8) is 0 Å². The lowest BCUT2D eigenvalue weighted by molar-refractivity contribution is -0.136. The Morgan fingerprint density at radius 2 is 1.56 bits per heavy atom. The number of rotatable bonds is 11. The summed E-state index contributed by atoms with van der Waals surface area (Å²) < 4.78 is 5.31. The van der Waals surface area contributed by atoms with Crippen molar-refractivity contribution in [1.82, 2.24) is 0 Å². The largest absolute Gasteiger partial charge is 0.478 e. The van der Waals surface area contributed by atoms with Crippen LogP contribution in [0.5, 0.6) is 0 Å². The Kier molecular flexibility index (Phi) is 8.56. The number of hydrogen-bond donors (Lipinski definition) is 2. The Bertz CT molecular complexity index is 642. The van der Waals surface area contributed by atoms with Crippen molar-refractivity contribution < 1.29 is 29.3 Å². The molecule has 0 aliphatic heterocycles. The van der Waals surface area contributed by atoms with Gasteiger partial charge in [-0.2, -0.15) is 0 Å². The monoisotopic (exact) mass is 348 g/mol. The molecule has 0 aliphatic rings. The quantitative estimate of drug-likeness (QED) is 0.362. The number of carbonyl (C=O) groups is 3. The third kappa shape index (κ3) is 6.89. The highest BCUT2D eigenvalue weighted by Gasteiger charge is 2.23. The van der Waals surface area contributed by atoms with E-state index in [4.69, 9.17) is 4.74 Å². The molecule has 1 rings (SSSR count). The van der Waals surface area contributed by atoms with E-state index < -0.39 is 29.7 Å². The molecule has 136 valence electrons. The molecular weight excluding hydrogens is 324 g/mol. The number of ketones is 1. The molecular formula is C19H24O6. The van der Waals surface area contributed by atoms with Gasteiger partial charge >= 0.3 is 11.9 Å². The lowest BCUT2D eigenvalue weighted by atomic mass is 9.97. The molecule has 0 heterocycles. The first-order valence-electron chi connectivity index (χ1n) is 8.23. The van der Waals surface area contributed by atoms with E-state index in [1.807, 2.05) is 13.8 Å². The van der Waals surface area contributed by atoms with E-state index >= 15 is 0 Å². The molecule has 0 aliphatic carbocycles. The first-order valence-corrected chi connectivity index (χ1v) is 8.23. The first kappa shape index (κ1) is 20.6. The molecule has 0 aromatic heterocycles. The van der Waals surface area contributed by atoms with Crippen LogP contribution in [0.1, 0.15) is 48.5 Å². The smallest absolute Gasteiger partial charge is 0.332 e. The zero-order chi connectivity index (χ0) is 18.8. The second-order valence-electron chi connectivity index (χ2n) is 5.75. The van der Waals surface area contributed by atoms with Crippen molar-refractivity contribution in [2.75, 3.05) is 13.2 Å². The van der Waals surface area contributed by atoms with Gasteiger partial charge in [-0.05, 0) is 13.3 Å². The molecule has 0 fully saturated rings. The number of carboxylic acids is 2. The maximum atomic E-state index is 12.3. The Morgan fingerprint density at radius 3 is 2.08 bits per heavy atom. The van der Waals surface area contributed by atoms with E-state index in [-0.39, 0.29) is 18.6 Å². The summed E-state index contributed by atoms with van der Waals surface area (Å²) in [7, 11) is 0. The first-order chi connectivity index (χ1) is 11.9. The fourth-order valence-corrected chi connectivity index (χ4v) is 2.22. The average Bonchev–Trinajstić information content (AvgIpc) is 2.56. The number of aryl methyl sites for hydroxylation is 1. The van der Waals surface area contributed by atoms with Gasteiger partial charge in [0.1, 0.15) is 0 Å². The predicted molar refractivity (Wildman–Crippen MR) is 92.8 cm³/mol. The van der Waals surface area contributed by atoms with E-state index in [0.29, 0.717) is 12.2 Å². The fraction of sp³-hybridized carbons (Fsp3) is 0.421. The van der Waals surface area contributed by atoms with Crippen molar-refractivity contribution in [2.45, 2.75) is 39.5 Å². The van der Waals surface area contributed by atoms with Gasteiger partial charge in [-0.3, -0.25) is 4.79 Å². The number of unbranched alkanes of at least 4 members (excludes halogenated alkanes) is 1. The topological polar surface area (TPSA) is 101 Å². The number of carbonyl (C=O) groups excluding carboxylic acids is 1. The molecule has 0 saturated carbocycles. The van der Waals surface area contributed by atoms with Gasteiger partial charge in [0.05, 0.1) is 17.8 Å². The Balaban J connectivity index is 2.92. The highest BCUT2D eigenvalue weighted by atomic mass is 16.5. The van der Waals surface area contributed by atoms with E-state index in [9.17, 15) is 24.6 Å². The van der Waals surface area contributed by atoms with Gasteiger partial charge in [0.2, 0.25) is 0 Å². The van der Waals surface area contributed by atoms with Crippen LogP contribution in [-0.2, 0) is 14.3 Å². The predicted octanol–water partition coefficient (Wildman–Crippen LogP) is 3.24. The summed E-state index contributed by atoms with van der Waals surface area (Å²) in [4.78, 5) is 35.2. The molecule has 6 heteroatoms. The molecule has 0 unspecified atom stereocenters. The van der Waals surface area contributed by atoms with Crippen molar-refractivity contribution in [1.29, 1.82) is 0 Å². The maximum absolute atomic E-state index is 12.3. The summed E-state index contributed by atoms with van der Waals surface area (Å²) in [5.41, 5.74) is 0.649. The number of hydrogen-bond acceptors (Lipinski definition) is 4. The zero-order valence-electron chi connectivity index (χ0n) is 14.6. The number of carboxylic acid groups (broad SMARTS) is 2. The van der Waals surface area contributed by atoms with E-state index in [2.05, 4.69) is 0 Å². The van der Waals surface area contributed by atoms with Crippen molar-refractivity contribution in [3.8, 4) is 0 Å². The molecule has 2 N–H and O–H groups in total. The summed E-state index contributed by atoms with van der Waals surface area (Å²) in [6, 6.07) is 6.70. The van der Waals surface area contributed by atoms with Crippen molar-refractivity contribution >= 4 is 17.7 Å². The number of Topliss-reactive ketones (excluding diaryl/α,β-unsaturated/α-hetero) is 1. The standard InChI is InChI=1S/C19H24O6/c1-3-4-10-25-11-9-15(18(21)22)16(19(23)24)12-17(20)14-7-5-13(2)6-8-14/h5-8H,3-4,9-12H2,1-2H3,(H,21,22)(H,23,24)/b16-15+. The molecule has 0 amide bonds. The SMILES string of the molecule is CCCCOCC/C(C(=O)O)=C(/CC(=O)c1ccc(C)cc1)C(=O)O. The molecule has 0 saturated heterocycles. The van der Waals surface area contributed by atoms with Gasteiger partial charge in [-0.1, -0.05) is 43.2 Å². The number of benzene rings is 1. The molecule has 6 nitrogen and oxygen atoms in total. The molecule has 0 radical (unpaired) electrons. The van der Waals surface area contributed by atoms with E-state index in [1.165, 1.54) is 0 Å². The van der Waals surface area contributed by atoms with Crippen LogP contribution < -0.4 is 0 Å². The summed E-state index contributed by atoms with van der Waals surface area (Å²) >= 11 is 0. The Morgan fingerprint density at radius 1 is 0.960 bits per heavy atom. The molecule has 0 spiro atoms. The van der Waals surface area contributed by atoms with Gasteiger partial charge in [0.25, 0.3) is 0 Å². The summed E-state index contributed by atoms with van der Waals surface area (Å²) in [5.74, 6) is -3.16. The summed E-state index contributed by atoms with van der Waals surface area (Å²) in [6.07, 6.45) is 1.29. The van der Waals surface area contributed by atoms with Crippen LogP contribution >= 0.6 is 0 Å². The molecule has 1 aromatic carbocycles. The van der Waals surface area contributed by atoms with E-state index in [1.54, 1.807) is 24.3 Å². The van der Waals surface area contributed by atoms with Crippen LogP contribution in [0.25, 0.3) is 0 Å². The number of ether oxygens (including phenoxy) is 1. The molecule has 25 heavy (non-hydrogen) atoms. The van der Waals surface area contributed by atoms with Gasteiger partial charge in [-0.15, -0.1) is 0 Å². The van der Waals surface area contributed by atoms with E-state index in [0.717, 1.165) is 18.4 Å². The molecule has 0 bridgehead atoms. The van der Waals surface area contributed by atoms with Crippen LogP contribution in [0.3, 0.4) is 0 Å². The minimum absolute atomic E-state index is 0.0537. The third-order valence-electron chi connectivity index (χ3n) is 3.73. The Labute approximate surface area is 147 Å². The lowest BCUT2D eigenvalue weighted by Gasteiger charge is -2.10. The molecule has 0 atom stereocenters. The van der Waals surface area contributed by atoms with Crippen LogP contribution in [0, 0.1) is 6.92 Å². The zero-order valence-corrected chi connectivity index (χ0v) is 14.6. The molecule has 1 aromatic rings. The number of aliphatic carboxylic acids is 2. The second-order valence-corrected chi connectivity index (χ2v) is 5.75. The lowest BCUT2D eigenvalue weighted by Crippen LogP contribution is -2.16. The average molecular weight is 348 g/mol. The second kappa shape index (κ2) is 10.4. The van der Waals surface area contributed by atoms with Gasteiger partial charge in [0.15, 0.2) is 5.78 Å². The minimum Gasteiger partial charge on any atom is -0.478 e. The third-order valence-corrected chi connectivity index (χ3v) is 3.73. The van der Waals surface area contributed by atoms with Crippen LogP contribution in [0.15, 0.2) is 35.4 Å². The summed E-state index contributed by atoms with van der Waals surface area (Å²) in [5, 5.41) is 18.7. The van der Waals surface area contributed by atoms with Gasteiger partial charge < -0.3 is 14.9 Å². The Hall–Kier alpha value is -2.47. The van der Waals surface area contributed by atoms with Gasteiger partial charge in [0, 0.05) is 25.0 Å². The van der Waals surface area contributed by atoms with Crippen LogP contribution in [0.2, 0.25) is 0 Å². The van der Waals surface area contributed by atoms with Crippen LogP contribution in [0.4, 0.5) is 0 Å². The van der Waals surface area contributed by atoms with Gasteiger partial charge in [-0.25, -0.2) is 9.59 Å². The highest BCUT2D eigenvalue weighted by molar-refractivity contribution is 6.06.